The number of amides is 1. The molecule has 0 saturated heterocycles. The maximum atomic E-state index is 12.9. The average molecular weight is 806 g/mol. The lowest BCUT2D eigenvalue weighted by molar-refractivity contribution is -0.117. The lowest BCUT2D eigenvalue weighted by atomic mass is 9.89. The van der Waals surface area contributed by atoms with Crippen molar-refractivity contribution >= 4 is 17.5 Å². The molecule has 58 heavy (non-hydrogen) atoms. The lowest BCUT2D eigenvalue weighted by Gasteiger charge is -2.20. The molecule has 2 N–H and O–H groups in total. The largest absolute Gasteiger partial charge is 0.461 e. The lowest BCUT2D eigenvalue weighted by Crippen LogP contribution is -2.26. The van der Waals surface area contributed by atoms with Crippen molar-refractivity contribution < 1.29 is 14.3 Å². The topological polar surface area (TPSA) is 93.8 Å². The number of aromatic nitrogens is 2. The fourth-order valence-electron chi connectivity index (χ4n) is 8.73. The molecule has 0 aliphatic carbocycles. The van der Waals surface area contributed by atoms with Crippen molar-refractivity contribution in [3.05, 3.63) is 41.0 Å². The third-order valence-electron chi connectivity index (χ3n) is 12.8. The normalized spacial score (nSPS) is 15.6. The summed E-state index contributed by atoms with van der Waals surface area (Å²) in [5, 5.41) is 0. The smallest absolute Gasteiger partial charge is 0.320 e. The molecule has 0 fully saturated rings. The van der Waals surface area contributed by atoms with Gasteiger partial charge in [-0.2, -0.15) is 9.97 Å². The van der Waals surface area contributed by atoms with E-state index in [4.69, 9.17) is 15.2 Å². The first-order valence-electron chi connectivity index (χ1n) is 23.7. The fourth-order valence-corrected chi connectivity index (χ4v) is 8.73. The molecule has 0 bridgehead atoms. The van der Waals surface area contributed by atoms with Crippen LogP contribution in [0.2, 0.25) is 0 Å². The standard InChI is InChI=1S/C50H87N5O3/c1-38(2)17-12-20-41(5)23-13-21-39(3)18-10-11-19-40(4)22-14-24-42(6)25-15-26-43(7)27-16-32-54(8)36-44-28-30-45(31-29-44)37-55-47(56)35-46-48(51)52-50(53-49(46)55)58-34-33-57-9/h28-31,38-43H,10-27,32-37H2,1-9H3,(H2,51,52,53). The third kappa shape index (κ3) is 20.0. The molecule has 1 aliphatic rings. The molecule has 1 amide bonds. The summed E-state index contributed by atoms with van der Waals surface area (Å²) < 4.78 is 10.6. The van der Waals surface area contributed by atoms with Gasteiger partial charge >= 0.3 is 6.01 Å². The Hall–Kier alpha value is -2.71. The summed E-state index contributed by atoms with van der Waals surface area (Å²) in [5.74, 6) is 6.01. The predicted molar refractivity (Wildman–Crippen MR) is 245 cm³/mol. The summed E-state index contributed by atoms with van der Waals surface area (Å²) >= 11 is 0. The number of hydrogen-bond donors (Lipinski definition) is 1. The van der Waals surface area contributed by atoms with Gasteiger partial charge in [0.2, 0.25) is 5.91 Å². The number of benzene rings is 1. The van der Waals surface area contributed by atoms with Crippen LogP contribution in [-0.2, 0) is 29.0 Å². The molecular formula is C50H87N5O3. The number of carbonyl (C=O) groups is 1. The summed E-state index contributed by atoms with van der Waals surface area (Å²) in [5.41, 5.74) is 9.15. The van der Waals surface area contributed by atoms with Gasteiger partial charge in [-0.15, -0.1) is 0 Å². The van der Waals surface area contributed by atoms with Crippen LogP contribution in [0, 0.1) is 35.5 Å². The molecule has 2 aromatic rings. The highest BCUT2D eigenvalue weighted by Crippen LogP contribution is 2.33. The third-order valence-corrected chi connectivity index (χ3v) is 12.8. The number of nitrogens with zero attached hydrogens (tertiary/aromatic N) is 4. The predicted octanol–water partition coefficient (Wildman–Crippen LogP) is 12.5. The molecule has 5 atom stereocenters. The van der Waals surface area contributed by atoms with Crippen molar-refractivity contribution in [1.82, 2.24) is 14.9 Å². The molecule has 0 radical (unpaired) electrons. The number of rotatable bonds is 33. The van der Waals surface area contributed by atoms with Crippen LogP contribution in [0.4, 0.5) is 11.6 Å². The molecule has 0 saturated carbocycles. The Bertz CT molecular complexity index is 1400. The van der Waals surface area contributed by atoms with Gasteiger partial charge < -0.3 is 20.1 Å². The Morgan fingerprint density at radius 1 is 0.655 bits per heavy atom. The quantitative estimate of drug-likeness (QED) is 0.0718. The average Bonchev–Trinajstić information content (AvgIpc) is 3.48. The molecule has 1 aromatic heterocycles. The van der Waals surface area contributed by atoms with Gasteiger partial charge in [0.05, 0.1) is 19.6 Å². The molecule has 5 unspecified atom stereocenters. The number of anilines is 2. The second-order valence-corrected chi connectivity index (χ2v) is 19.3. The van der Waals surface area contributed by atoms with Crippen molar-refractivity contribution in [1.29, 1.82) is 0 Å². The Morgan fingerprint density at radius 2 is 1.12 bits per heavy atom. The Kier molecular flexibility index (Phi) is 23.9. The first kappa shape index (κ1) is 49.7. The fraction of sp³-hybridized carbons (Fsp3) is 0.780. The zero-order valence-corrected chi connectivity index (χ0v) is 38.8. The van der Waals surface area contributed by atoms with Crippen molar-refractivity contribution in [2.45, 2.75) is 184 Å². The number of nitrogen functional groups attached to an aromatic ring is 1. The number of unbranched alkanes of at least 4 members (excludes halogenated alkanes) is 1. The number of methoxy groups -OCH3 is 1. The number of carbonyl (C=O) groups excluding carboxylic acids is 1. The summed E-state index contributed by atoms with van der Waals surface area (Å²) in [7, 11) is 3.83. The van der Waals surface area contributed by atoms with Gasteiger partial charge in [-0.1, -0.05) is 175 Å². The van der Waals surface area contributed by atoms with E-state index < -0.39 is 0 Å². The van der Waals surface area contributed by atoms with Crippen molar-refractivity contribution in [2.24, 2.45) is 35.5 Å². The van der Waals surface area contributed by atoms with Gasteiger partial charge in [-0.25, -0.2) is 0 Å². The minimum absolute atomic E-state index is 0.0303. The van der Waals surface area contributed by atoms with E-state index in [0.717, 1.165) is 54.2 Å². The van der Waals surface area contributed by atoms with E-state index in [1.165, 1.54) is 121 Å². The van der Waals surface area contributed by atoms with Crippen LogP contribution >= 0.6 is 0 Å². The van der Waals surface area contributed by atoms with Crippen LogP contribution in [0.15, 0.2) is 24.3 Å². The maximum Gasteiger partial charge on any atom is 0.320 e. The molecule has 1 aliphatic heterocycles. The van der Waals surface area contributed by atoms with E-state index in [1.807, 2.05) is 0 Å². The highest BCUT2D eigenvalue weighted by molar-refractivity contribution is 6.01. The summed E-state index contributed by atoms with van der Waals surface area (Å²) in [6.07, 6.45) is 25.3. The van der Waals surface area contributed by atoms with E-state index in [-0.39, 0.29) is 18.3 Å². The van der Waals surface area contributed by atoms with Crippen LogP contribution in [0.25, 0.3) is 0 Å². The molecule has 8 heteroatoms. The van der Waals surface area contributed by atoms with Crippen molar-refractivity contribution in [3.8, 4) is 6.01 Å². The Labute approximate surface area is 356 Å². The summed E-state index contributed by atoms with van der Waals surface area (Å²) in [4.78, 5) is 25.7. The first-order chi connectivity index (χ1) is 27.8. The molecule has 8 nitrogen and oxygen atoms in total. The SMILES string of the molecule is COCCOc1nc(N)c2c(n1)N(Cc1ccc(CN(C)CCCC(C)CCCC(C)CCCC(C)CCCCC(C)CCCC(C)CCCC(C)C)cc1)C(=O)C2. The number of fused-ring (bicyclic) bond motifs is 1. The highest BCUT2D eigenvalue weighted by atomic mass is 16.5. The van der Waals surface area contributed by atoms with Gasteiger partial charge in [0.1, 0.15) is 18.2 Å². The summed E-state index contributed by atoms with van der Waals surface area (Å²) in [6.45, 7) is 20.3. The molecule has 2 heterocycles. The molecule has 1 aromatic carbocycles. The van der Waals surface area contributed by atoms with E-state index in [9.17, 15) is 4.79 Å². The first-order valence-corrected chi connectivity index (χ1v) is 23.7. The number of ether oxygens (including phenoxy) is 2. The monoisotopic (exact) mass is 806 g/mol. The Morgan fingerprint density at radius 3 is 1.62 bits per heavy atom. The van der Waals surface area contributed by atoms with Crippen LogP contribution in [0.5, 0.6) is 6.01 Å². The van der Waals surface area contributed by atoms with E-state index in [0.29, 0.717) is 37.0 Å². The minimum atomic E-state index is -0.0303. The van der Waals surface area contributed by atoms with Crippen LogP contribution < -0.4 is 15.4 Å². The van der Waals surface area contributed by atoms with Gasteiger partial charge in [0.15, 0.2) is 0 Å². The van der Waals surface area contributed by atoms with Crippen molar-refractivity contribution in [2.75, 3.05) is 44.5 Å². The second kappa shape index (κ2) is 27.9. The molecule has 0 spiro atoms. The highest BCUT2D eigenvalue weighted by Gasteiger charge is 2.32. The second-order valence-electron chi connectivity index (χ2n) is 19.3. The summed E-state index contributed by atoms with van der Waals surface area (Å²) in [6, 6.07) is 8.73. The maximum absolute atomic E-state index is 12.9. The van der Waals surface area contributed by atoms with Crippen LogP contribution in [0.3, 0.4) is 0 Å². The van der Waals surface area contributed by atoms with Gasteiger partial charge in [-0.05, 0) is 73.1 Å². The molecule has 3 rings (SSSR count). The number of nitrogens with two attached hydrogens (primary N) is 1. The van der Waals surface area contributed by atoms with Crippen molar-refractivity contribution in [3.63, 3.8) is 0 Å². The Balaban J connectivity index is 1.20. The van der Waals surface area contributed by atoms with Crippen LogP contribution in [0.1, 0.15) is 181 Å². The van der Waals surface area contributed by atoms with Gasteiger partial charge in [0, 0.05) is 19.2 Å². The van der Waals surface area contributed by atoms with Crippen LogP contribution in [-0.4, -0.2) is 54.7 Å². The minimum Gasteiger partial charge on any atom is -0.461 e. The van der Waals surface area contributed by atoms with E-state index >= 15 is 0 Å². The van der Waals surface area contributed by atoms with E-state index in [2.05, 4.69) is 94.6 Å². The van der Waals surface area contributed by atoms with Gasteiger partial charge in [0.25, 0.3) is 0 Å². The number of hydrogen-bond acceptors (Lipinski definition) is 7. The van der Waals surface area contributed by atoms with Gasteiger partial charge in [-0.3, -0.25) is 9.69 Å². The molecule has 330 valence electrons. The van der Waals surface area contributed by atoms with E-state index in [1.54, 1.807) is 12.0 Å². The molecular weight excluding hydrogens is 719 g/mol. The zero-order valence-electron chi connectivity index (χ0n) is 38.8. The zero-order chi connectivity index (χ0) is 42.3.